The van der Waals surface area contributed by atoms with Crippen molar-refractivity contribution in [1.82, 2.24) is 0 Å². The lowest BCUT2D eigenvalue weighted by Crippen LogP contribution is -2.12. The van der Waals surface area contributed by atoms with Gasteiger partial charge in [0, 0.05) is 16.5 Å². The molecule has 0 aliphatic heterocycles. The molecule has 0 fully saturated rings. The van der Waals surface area contributed by atoms with Crippen molar-refractivity contribution in [3.63, 3.8) is 0 Å². The molecule has 5 heteroatoms. The summed E-state index contributed by atoms with van der Waals surface area (Å²) < 4.78 is 12.0. The van der Waals surface area contributed by atoms with E-state index in [4.69, 9.17) is 20.6 Å². The molecular formula is C16H17BrN2O2. The van der Waals surface area contributed by atoms with E-state index >= 15 is 0 Å². The van der Waals surface area contributed by atoms with Crippen molar-refractivity contribution in [3.8, 4) is 11.5 Å². The average molecular weight is 349 g/mol. The summed E-state index contributed by atoms with van der Waals surface area (Å²) in [5.41, 5.74) is 7.39. The van der Waals surface area contributed by atoms with Gasteiger partial charge in [0.2, 0.25) is 0 Å². The summed E-state index contributed by atoms with van der Waals surface area (Å²) in [4.78, 5) is 0. The Bertz CT molecular complexity index is 627. The number of nitrogens with two attached hydrogens (primary N) is 1. The minimum atomic E-state index is 0.156. The second-order valence-electron chi connectivity index (χ2n) is 4.59. The quantitative estimate of drug-likeness (QED) is 0.619. The van der Waals surface area contributed by atoms with Crippen molar-refractivity contribution in [2.75, 3.05) is 7.11 Å². The van der Waals surface area contributed by atoms with Crippen LogP contribution in [0.2, 0.25) is 0 Å². The molecule has 0 aliphatic carbocycles. The predicted octanol–water partition coefficient (Wildman–Crippen LogP) is 3.52. The predicted molar refractivity (Wildman–Crippen MR) is 87.1 cm³/mol. The van der Waals surface area contributed by atoms with Gasteiger partial charge in [-0.2, -0.15) is 0 Å². The van der Waals surface area contributed by atoms with Crippen molar-refractivity contribution in [2.24, 2.45) is 5.73 Å². The molecule has 2 rings (SSSR count). The fraction of sp³-hybridized carbons (Fsp3) is 0.188. The van der Waals surface area contributed by atoms with Crippen molar-refractivity contribution in [2.45, 2.75) is 13.0 Å². The molecule has 2 aromatic carbocycles. The Labute approximate surface area is 132 Å². The van der Waals surface area contributed by atoms with Gasteiger partial charge < -0.3 is 15.2 Å². The smallest absolute Gasteiger partial charge is 0.119 e. The van der Waals surface area contributed by atoms with Crippen LogP contribution in [-0.4, -0.2) is 12.9 Å². The fourth-order valence-corrected chi connectivity index (χ4v) is 2.23. The SMILES string of the molecule is COc1ccc(Br)c(COc2ccc(CC(=N)N)cc2)c1. The summed E-state index contributed by atoms with van der Waals surface area (Å²) in [6.45, 7) is 0.448. The summed E-state index contributed by atoms with van der Waals surface area (Å²) in [7, 11) is 1.64. The zero-order valence-electron chi connectivity index (χ0n) is 11.7. The van der Waals surface area contributed by atoms with Crippen molar-refractivity contribution in [3.05, 3.63) is 58.1 Å². The van der Waals surface area contributed by atoms with Gasteiger partial charge in [0.1, 0.15) is 18.1 Å². The summed E-state index contributed by atoms with van der Waals surface area (Å²) in [6.07, 6.45) is 0.460. The van der Waals surface area contributed by atoms with Gasteiger partial charge in [0.05, 0.1) is 12.9 Å². The molecule has 0 bridgehead atoms. The van der Waals surface area contributed by atoms with Gasteiger partial charge in [-0.25, -0.2) is 0 Å². The topological polar surface area (TPSA) is 68.3 Å². The Kier molecular flexibility index (Phi) is 5.22. The van der Waals surface area contributed by atoms with Crippen LogP contribution in [-0.2, 0) is 13.0 Å². The molecular weight excluding hydrogens is 332 g/mol. The first-order valence-electron chi connectivity index (χ1n) is 6.45. The number of benzene rings is 2. The number of nitrogens with one attached hydrogen (secondary N) is 1. The van der Waals surface area contributed by atoms with Crippen LogP contribution in [0.1, 0.15) is 11.1 Å². The number of hydrogen-bond donors (Lipinski definition) is 2. The Balaban J connectivity index is 2.01. The summed E-state index contributed by atoms with van der Waals surface area (Å²) in [5.74, 6) is 1.73. The van der Waals surface area contributed by atoms with Crippen LogP contribution >= 0.6 is 15.9 Å². The third-order valence-electron chi connectivity index (χ3n) is 2.97. The fourth-order valence-electron chi connectivity index (χ4n) is 1.87. The average Bonchev–Trinajstić information content (AvgIpc) is 2.47. The van der Waals surface area contributed by atoms with E-state index in [1.807, 2.05) is 42.5 Å². The lowest BCUT2D eigenvalue weighted by atomic mass is 10.1. The summed E-state index contributed by atoms with van der Waals surface area (Å²) in [6, 6.07) is 13.4. The second-order valence-corrected chi connectivity index (χ2v) is 5.45. The largest absolute Gasteiger partial charge is 0.497 e. The molecule has 0 aliphatic rings. The molecule has 4 nitrogen and oxygen atoms in total. The van der Waals surface area contributed by atoms with Gasteiger partial charge in [-0.3, -0.25) is 5.41 Å². The maximum absolute atomic E-state index is 7.27. The zero-order valence-corrected chi connectivity index (χ0v) is 13.3. The Morgan fingerprint density at radius 3 is 2.43 bits per heavy atom. The number of hydrogen-bond acceptors (Lipinski definition) is 3. The number of amidine groups is 1. The highest BCUT2D eigenvalue weighted by molar-refractivity contribution is 9.10. The van der Waals surface area contributed by atoms with Gasteiger partial charge in [0.25, 0.3) is 0 Å². The first-order valence-corrected chi connectivity index (χ1v) is 7.25. The standard InChI is InChI=1S/C16H17BrN2O2/c1-20-14-6-7-15(17)12(9-14)10-21-13-4-2-11(3-5-13)8-16(18)19/h2-7,9H,8,10H2,1H3,(H3,18,19). The molecule has 2 aromatic rings. The van der Waals surface area contributed by atoms with E-state index in [1.54, 1.807) is 7.11 Å². The van der Waals surface area contributed by atoms with E-state index < -0.39 is 0 Å². The monoisotopic (exact) mass is 348 g/mol. The summed E-state index contributed by atoms with van der Waals surface area (Å²) in [5, 5.41) is 7.27. The van der Waals surface area contributed by atoms with Crippen molar-refractivity contribution in [1.29, 1.82) is 5.41 Å². The Hall–Kier alpha value is -2.01. The lowest BCUT2D eigenvalue weighted by molar-refractivity contribution is 0.304. The highest BCUT2D eigenvalue weighted by Crippen LogP contribution is 2.24. The van der Waals surface area contributed by atoms with Gasteiger partial charge in [0.15, 0.2) is 0 Å². The van der Waals surface area contributed by atoms with Crippen LogP contribution in [0.4, 0.5) is 0 Å². The number of ether oxygens (including phenoxy) is 2. The van der Waals surface area contributed by atoms with Crippen LogP contribution < -0.4 is 15.2 Å². The molecule has 0 saturated heterocycles. The van der Waals surface area contributed by atoms with E-state index in [0.29, 0.717) is 13.0 Å². The van der Waals surface area contributed by atoms with Crippen LogP contribution in [0.15, 0.2) is 46.9 Å². The zero-order chi connectivity index (χ0) is 15.2. The first kappa shape index (κ1) is 15.4. The van der Waals surface area contributed by atoms with E-state index in [0.717, 1.165) is 27.1 Å². The van der Waals surface area contributed by atoms with Gasteiger partial charge in [-0.15, -0.1) is 0 Å². The molecule has 21 heavy (non-hydrogen) atoms. The molecule has 3 N–H and O–H groups in total. The van der Waals surface area contributed by atoms with Crippen LogP contribution in [0.25, 0.3) is 0 Å². The Morgan fingerprint density at radius 1 is 1.14 bits per heavy atom. The van der Waals surface area contributed by atoms with E-state index in [1.165, 1.54) is 0 Å². The molecule has 0 amide bonds. The molecule has 0 heterocycles. The normalized spacial score (nSPS) is 10.2. The highest BCUT2D eigenvalue weighted by Gasteiger charge is 2.04. The van der Waals surface area contributed by atoms with Crippen LogP contribution in [0.5, 0.6) is 11.5 Å². The van der Waals surface area contributed by atoms with Gasteiger partial charge in [-0.05, 0) is 35.9 Å². The van der Waals surface area contributed by atoms with E-state index in [2.05, 4.69) is 15.9 Å². The summed E-state index contributed by atoms with van der Waals surface area (Å²) >= 11 is 3.50. The van der Waals surface area contributed by atoms with Crippen LogP contribution in [0.3, 0.4) is 0 Å². The molecule has 0 saturated carbocycles. The first-order chi connectivity index (χ1) is 10.1. The minimum Gasteiger partial charge on any atom is -0.497 e. The number of methoxy groups -OCH3 is 1. The van der Waals surface area contributed by atoms with E-state index in [9.17, 15) is 0 Å². The van der Waals surface area contributed by atoms with Gasteiger partial charge in [-0.1, -0.05) is 28.1 Å². The third-order valence-corrected chi connectivity index (χ3v) is 3.74. The third kappa shape index (κ3) is 4.49. The molecule has 0 aromatic heterocycles. The second kappa shape index (κ2) is 7.13. The van der Waals surface area contributed by atoms with Gasteiger partial charge >= 0.3 is 0 Å². The molecule has 0 atom stereocenters. The van der Waals surface area contributed by atoms with Crippen molar-refractivity contribution < 1.29 is 9.47 Å². The molecule has 0 spiro atoms. The maximum Gasteiger partial charge on any atom is 0.119 e. The number of rotatable bonds is 6. The lowest BCUT2D eigenvalue weighted by Gasteiger charge is -2.10. The maximum atomic E-state index is 7.27. The Morgan fingerprint density at radius 2 is 1.81 bits per heavy atom. The van der Waals surface area contributed by atoms with Crippen LogP contribution in [0, 0.1) is 5.41 Å². The molecule has 0 unspecified atom stereocenters. The van der Waals surface area contributed by atoms with Crippen molar-refractivity contribution >= 4 is 21.8 Å². The minimum absolute atomic E-state index is 0.156. The molecule has 0 radical (unpaired) electrons. The number of halogens is 1. The van der Waals surface area contributed by atoms with E-state index in [-0.39, 0.29) is 5.84 Å². The molecule has 110 valence electrons. The highest BCUT2D eigenvalue weighted by atomic mass is 79.9.